The molecule has 19 heavy (non-hydrogen) atoms. The summed E-state index contributed by atoms with van der Waals surface area (Å²) in [5.74, 6) is 0. The molecule has 0 spiro atoms. The predicted octanol–water partition coefficient (Wildman–Crippen LogP) is 1.24. The first kappa shape index (κ1) is 13.8. The fourth-order valence-electron chi connectivity index (χ4n) is 2.26. The van der Waals surface area contributed by atoms with Crippen molar-refractivity contribution in [1.29, 1.82) is 0 Å². The van der Waals surface area contributed by atoms with Gasteiger partial charge in [-0.25, -0.2) is 4.79 Å². The summed E-state index contributed by atoms with van der Waals surface area (Å²) < 4.78 is 10.5. The maximum atomic E-state index is 11.7. The van der Waals surface area contributed by atoms with E-state index in [9.17, 15) is 4.79 Å². The van der Waals surface area contributed by atoms with Crippen LogP contribution >= 0.6 is 0 Å². The number of hydrogen-bond acceptors (Lipinski definition) is 4. The lowest BCUT2D eigenvalue weighted by Crippen LogP contribution is -2.43. The Labute approximate surface area is 113 Å². The van der Waals surface area contributed by atoms with Crippen LogP contribution in [0.15, 0.2) is 30.3 Å². The SMILES string of the molecule is COC1CN(C)CC1NC(=O)OCc1ccccc1. The zero-order chi connectivity index (χ0) is 13.7. The third-order valence-electron chi connectivity index (χ3n) is 3.27. The van der Waals surface area contributed by atoms with Gasteiger partial charge in [0.1, 0.15) is 6.61 Å². The highest BCUT2D eigenvalue weighted by molar-refractivity contribution is 5.67. The predicted molar refractivity (Wildman–Crippen MR) is 71.8 cm³/mol. The number of likely N-dealkylation sites (tertiary alicyclic amines) is 1. The molecular weight excluding hydrogens is 244 g/mol. The van der Waals surface area contributed by atoms with E-state index < -0.39 is 6.09 Å². The molecule has 1 fully saturated rings. The van der Waals surface area contributed by atoms with Crippen molar-refractivity contribution in [2.75, 3.05) is 27.2 Å². The zero-order valence-electron chi connectivity index (χ0n) is 11.3. The highest BCUT2D eigenvalue weighted by Crippen LogP contribution is 2.11. The number of hydrogen-bond donors (Lipinski definition) is 1. The summed E-state index contributed by atoms with van der Waals surface area (Å²) in [6, 6.07) is 9.61. The maximum absolute atomic E-state index is 11.7. The van der Waals surface area contributed by atoms with E-state index >= 15 is 0 Å². The molecule has 1 aliphatic heterocycles. The number of nitrogens with one attached hydrogen (secondary N) is 1. The highest BCUT2D eigenvalue weighted by Gasteiger charge is 2.32. The molecule has 2 atom stereocenters. The average Bonchev–Trinajstić information content (AvgIpc) is 2.77. The molecule has 1 saturated heterocycles. The highest BCUT2D eigenvalue weighted by atomic mass is 16.5. The Balaban J connectivity index is 1.78. The van der Waals surface area contributed by atoms with Crippen LogP contribution in [0.2, 0.25) is 0 Å². The molecule has 5 nitrogen and oxygen atoms in total. The number of rotatable bonds is 4. The number of amides is 1. The Hall–Kier alpha value is -1.59. The van der Waals surface area contributed by atoms with E-state index in [1.165, 1.54) is 0 Å². The second-order valence-electron chi connectivity index (χ2n) is 4.81. The maximum Gasteiger partial charge on any atom is 0.407 e. The molecule has 0 radical (unpaired) electrons. The summed E-state index contributed by atoms with van der Waals surface area (Å²) >= 11 is 0. The van der Waals surface area contributed by atoms with E-state index in [2.05, 4.69) is 10.2 Å². The first-order valence-corrected chi connectivity index (χ1v) is 6.37. The number of carbonyl (C=O) groups is 1. The van der Waals surface area contributed by atoms with Crippen LogP contribution in [0.4, 0.5) is 4.79 Å². The normalized spacial score (nSPS) is 23.3. The largest absolute Gasteiger partial charge is 0.445 e. The van der Waals surface area contributed by atoms with Gasteiger partial charge in [-0.1, -0.05) is 30.3 Å². The Bertz CT molecular complexity index is 410. The first-order chi connectivity index (χ1) is 9.19. The number of likely N-dealkylation sites (N-methyl/N-ethyl adjacent to an activating group) is 1. The number of ether oxygens (including phenoxy) is 2. The number of carbonyl (C=O) groups excluding carboxylic acids is 1. The van der Waals surface area contributed by atoms with Gasteiger partial charge in [-0.3, -0.25) is 0 Å². The Morgan fingerprint density at radius 3 is 2.79 bits per heavy atom. The monoisotopic (exact) mass is 264 g/mol. The molecule has 0 saturated carbocycles. The lowest BCUT2D eigenvalue weighted by Gasteiger charge is -2.18. The minimum atomic E-state index is -0.397. The van der Waals surface area contributed by atoms with Crippen LogP contribution < -0.4 is 5.32 Å². The summed E-state index contributed by atoms with van der Waals surface area (Å²) in [5.41, 5.74) is 0.976. The van der Waals surface area contributed by atoms with Gasteiger partial charge in [0.2, 0.25) is 0 Å². The van der Waals surface area contributed by atoms with Crippen LogP contribution in [0, 0.1) is 0 Å². The molecule has 2 unspecified atom stereocenters. The van der Waals surface area contributed by atoms with Crippen molar-refractivity contribution < 1.29 is 14.3 Å². The summed E-state index contributed by atoms with van der Waals surface area (Å²) in [6.45, 7) is 1.88. The smallest absolute Gasteiger partial charge is 0.407 e. The molecule has 1 amide bonds. The van der Waals surface area contributed by atoms with Crippen LogP contribution in [0.1, 0.15) is 5.56 Å². The molecule has 1 N–H and O–H groups in total. The number of nitrogens with zero attached hydrogens (tertiary/aromatic N) is 1. The standard InChI is InChI=1S/C14H20N2O3/c1-16-8-12(13(9-16)18-2)15-14(17)19-10-11-6-4-3-5-7-11/h3-7,12-13H,8-10H2,1-2H3,(H,15,17). The molecule has 2 rings (SSSR count). The van der Waals surface area contributed by atoms with Gasteiger partial charge in [0.15, 0.2) is 0 Å². The minimum absolute atomic E-state index is 0.0155. The van der Waals surface area contributed by atoms with Crippen molar-refractivity contribution in [1.82, 2.24) is 10.2 Å². The molecule has 1 heterocycles. The molecular formula is C14H20N2O3. The van der Waals surface area contributed by atoms with Crippen molar-refractivity contribution in [2.24, 2.45) is 0 Å². The fraction of sp³-hybridized carbons (Fsp3) is 0.500. The molecule has 0 aliphatic carbocycles. The molecule has 1 aromatic rings. The molecule has 104 valence electrons. The van der Waals surface area contributed by atoms with Gasteiger partial charge in [0.25, 0.3) is 0 Å². The van der Waals surface area contributed by atoms with Gasteiger partial charge in [0, 0.05) is 20.2 Å². The summed E-state index contributed by atoms with van der Waals surface area (Å²) in [5, 5.41) is 2.85. The summed E-state index contributed by atoms with van der Waals surface area (Å²) in [4.78, 5) is 13.9. The molecule has 5 heteroatoms. The van der Waals surface area contributed by atoms with E-state index in [0.29, 0.717) is 0 Å². The van der Waals surface area contributed by atoms with Gasteiger partial charge < -0.3 is 19.7 Å². The summed E-state index contributed by atoms with van der Waals surface area (Å²) in [7, 11) is 3.66. The average molecular weight is 264 g/mol. The van der Waals surface area contributed by atoms with Gasteiger partial charge in [0.05, 0.1) is 12.1 Å². The third kappa shape index (κ3) is 3.94. The van der Waals surface area contributed by atoms with E-state index in [1.54, 1.807) is 7.11 Å². The Morgan fingerprint density at radius 2 is 2.11 bits per heavy atom. The van der Waals surface area contributed by atoms with E-state index in [-0.39, 0.29) is 18.8 Å². The van der Waals surface area contributed by atoms with E-state index in [4.69, 9.17) is 9.47 Å². The molecule has 1 aliphatic rings. The number of alkyl carbamates (subject to hydrolysis) is 1. The van der Waals surface area contributed by atoms with Crippen LogP contribution in [0.3, 0.4) is 0 Å². The quantitative estimate of drug-likeness (QED) is 0.889. The molecule has 0 bridgehead atoms. The number of methoxy groups -OCH3 is 1. The van der Waals surface area contributed by atoms with Gasteiger partial charge in [-0.15, -0.1) is 0 Å². The minimum Gasteiger partial charge on any atom is -0.445 e. The van der Waals surface area contributed by atoms with Crippen LogP contribution in [-0.2, 0) is 16.1 Å². The second kappa shape index (κ2) is 6.54. The van der Waals surface area contributed by atoms with Crippen molar-refractivity contribution in [3.63, 3.8) is 0 Å². The fourth-order valence-corrected chi connectivity index (χ4v) is 2.26. The van der Waals surface area contributed by atoms with E-state index in [1.807, 2.05) is 37.4 Å². The van der Waals surface area contributed by atoms with Crippen LogP contribution in [0.5, 0.6) is 0 Å². The Morgan fingerprint density at radius 1 is 1.37 bits per heavy atom. The molecule has 1 aromatic carbocycles. The van der Waals surface area contributed by atoms with Crippen LogP contribution in [-0.4, -0.2) is 50.4 Å². The van der Waals surface area contributed by atoms with Crippen molar-refractivity contribution in [3.05, 3.63) is 35.9 Å². The topological polar surface area (TPSA) is 50.8 Å². The number of benzene rings is 1. The van der Waals surface area contributed by atoms with Crippen LogP contribution in [0.25, 0.3) is 0 Å². The second-order valence-corrected chi connectivity index (χ2v) is 4.81. The lowest BCUT2D eigenvalue weighted by atomic mass is 10.2. The Kier molecular flexibility index (Phi) is 4.76. The van der Waals surface area contributed by atoms with Crippen molar-refractivity contribution in [2.45, 2.75) is 18.8 Å². The van der Waals surface area contributed by atoms with Gasteiger partial charge in [-0.2, -0.15) is 0 Å². The van der Waals surface area contributed by atoms with Gasteiger partial charge in [-0.05, 0) is 12.6 Å². The van der Waals surface area contributed by atoms with Crippen molar-refractivity contribution in [3.8, 4) is 0 Å². The lowest BCUT2D eigenvalue weighted by molar-refractivity contribution is 0.0832. The van der Waals surface area contributed by atoms with Gasteiger partial charge >= 0.3 is 6.09 Å². The van der Waals surface area contributed by atoms with E-state index in [0.717, 1.165) is 18.7 Å². The first-order valence-electron chi connectivity index (χ1n) is 6.37. The zero-order valence-corrected chi connectivity index (χ0v) is 11.3. The van der Waals surface area contributed by atoms with Crippen molar-refractivity contribution >= 4 is 6.09 Å². The third-order valence-corrected chi connectivity index (χ3v) is 3.27. The summed E-state index contributed by atoms with van der Waals surface area (Å²) in [6.07, 6.45) is -0.375. The molecule has 0 aromatic heterocycles.